The van der Waals surface area contributed by atoms with Gasteiger partial charge in [-0.3, -0.25) is 0 Å². The van der Waals surface area contributed by atoms with Crippen LogP contribution in [0.25, 0.3) is 0 Å². The minimum absolute atomic E-state index is 0. The highest BCUT2D eigenvalue weighted by molar-refractivity contribution is 9.11. The maximum absolute atomic E-state index is 11.7. The Bertz CT molecular complexity index is 453. The smallest absolute Gasteiger partial charge is 0.241 e. The molecule has 0 saturated heterocycles. The van der Waals surface area contributed by atoms with Crippen molar-refractivity contribution in [1.29, 1.82) is 0 Å². The summed E-state index contributed by atoms with van der Waals surface area (Å²) in [6.07, 6.45) is 0. The highest BCUT2D eigenvalue weighted by atomic mass is 79.9. The van der Waals surface area contributed by atoms with E-state index in [1.807, 2.05) is 0 Å². The molecule has 0 fully saturated rings. The van der Waals surface area contributed by atoms with Gasteiger partial charge in [-0.25, -0.2) is 13.1 Å². The molecule has 1 rings (SSSR count). The standard InChI is InChI=1S/C8H10Br2N2O2S.ClH/c9-6-1-2-8(7(10)5-6)15(13,14)12-4-3-11;/h1-2,5,12H,3-4,11H2;1H. The molecule has 3 N–H and O–H groups in total. The first-order valence-corrected chi connectivity index (χ1v) is 7.19. The molecule has 4 nitrogen and oxygen atoms in total. The van der Waals surface area contributed by atoms with Gasteiger partial charge in [-0.15, -0.1) is 12.4 Å². The van der Waals surface area contributed by atoms with E-state index in [-0.39, 0.29) is 30.4 Å². The van der Waals surface area contributed by atoms with Crippen molar-refractivity contribution in [3.63, 3.8) is 0 Å². The summed E-state index contributed by atoms with van der Waals surface area (Å²) in [7, 11) is -3.47. The molecule has 0 saturated carbocycles. The van der Waals surface area contributed by atoms with Gasteiger partial charge in [-0.1, -0.05) is 15.9 Å². The average Bonchev–Trinajstić information content (AvgIpc) is 2.14. The first-order chi connectivity index (χ1) is 6.97. The lowest BCUT2D eigenvalue weighted by atomic mass is 10.4. The summed E-state index contributed by atoms with van der Waals surface area (Å²) in [4.78, 5) is 0.208. The van der Waals surface area contributed by atoms with E-state index < -0.39 is 10.0 Å². The minimum Gasteiger partial charge on any atom is -0.329 e. The Labute approximate surface area is 118 Å². The van der Waals surface area contributed by atoms with Crippen LogP contribution in [-0.2, 0) is 10.0 Å². The molecular weight excluding hydrogens is 383 g/mol. The van der Waals surface area contributed by atoms with E-state index in [1.165, 1.54) is 6.07 Å². The third kappa shape index (κ3) is 4.31. The third-order valence-corrected chi connectivity index (χ3v) is 4.55. The van der Waals surface area contributed by atoms with Gasteiger partial charge in [0.2, 0.25) is 10.0 Å². The molecule has 0 amide bonds. The third-order valence-electron chi connectivity index (χ3n) is 1.62. The Balaban J connectivity index is 0.00000225. The van der Waals surface area contributed by atoms with Gasteiger partial charge in [0.1, 0.15) is 0 Å². The molecule has 0 atom stereocenters. The van der Waals surface area contributed by atoms with Gasteiger partial charge < -0.3 is 5.73 Å². The van der Waals surface area contributed by atoms with Crippen molar-refractivity contribution in [3.8, 4) is 0 Å². The van der Waals surface area contributed by atoms with Crippen molar-refractivity contribution in [1.82, 2.24) is 4.72 Å². The number of nitrogens with one attached hydrogen (secondary N) is 1. The molecule has 0 aromatic heterocycles. The monoisotopic (exact) mass is 392 g/mol. The second-order valence-corrected chi connectivity index (χ2v) is 6.27. The van der Waals surface area contributed by atoms with E-state index in [0.717, 1.165) is 4.47 Å². The van der Waals surface area contributed by atoms with Crippen molar-refractivity contribution in [2.24, 2.45) is 5.73 Å². The molecule has 0 aliphatic carbocycles. The van der Waals surface area contributed by atoms with Crippen LogP contribution < -0.4 is 10.5 Å². The van der Waals surface area contributed by atoms with Crippen LogP contribution in [0.3, 0.4) is 0 Å². The zero-order valence-electron chi connectivity index (χ0n) is 8.11. The van der Waals surface area contributed by atoms with Gasteiger partial charge in [0.05, 0.1) is 4.90 Å². The van der Waals surface area contributed by atoms with Crippen LogP contribution in [-0.4, -0.2) is 21.5 Å². The van der Waals surface area contributed by atoms with Crippen LogP contribution in [0.2, 0.25) is 0 Å². The SMILES string of the molecule is Cl.NCCNS(=O)(=O)c1ccc(Br)cc1Br. The van der Waals surface area contributed by atoms with Gasteiger partial charge in [0, 0.05) is 22.0 Å². The van der Waals surface area contributed by atoms with Crippen molar-refractivity contribution in [2.75, 3.05) is 13.1 Å². The molecule has 0 aliphatic heterocycles. The van der Waals surface area contributed by atoms with E-state index in [1.54, 1.807) is 12.1 Å². The van der Waals surface area contributed by atoms with Crippen LogP contribution >= 0.6 is 44.3 Å². The molecule has 0 heterocycles. The van der Waals surface area contributed by atoms with Crippen LogP contribution in [0.1, 0.15) is 0 Å². The largest absolute Gasteiger partial charge is 0.329 e. The van der Waals surface area contributed by atoms with Crippen LogP contribution in [0.5, 0.6) is 0 Å². The Morgan fingerprint density at radius 3 is 2.44 bits per heavy atom. The fourth-order valence-electron chi connectivity index (χ4n) is 0.964. The van der Waals surface area contributed by atoms with Crippen molar-refractivity contribution in [2.45, 2.75) is 4.90 Å². The lowest BCUT2D eigenvalue weighted by Gasteiger charge is -2.07. The molecule has 16 heavy (non-hydrogen) atoms. The topological polar surface area (TPSA) is 72.2 Å². The molecule has 0 spiro atoms. The van der Waals surface area contributed by atoms with Crippen LogP contribution in [0.15, 0.2) is 32.0 Å². The molecule has 0 aliphatic rings. The predicted molar refractivity (Wildman–Crippen MR) is 73.3 cm³/mol. The summed E-state index contributed by atoms with van der Waals surface area (Å²) in [5.41, 5.74) is 5.23. The van der Waals surface area contributed by atoms with E-state index in [9.17, 15) is 8.42 Å². The summed E-state index contributed by atoms with van der Waals surface area (Å²) in [5.74, 6) is 0. The quantitative estimate of drug-likeness (QED) is 0.819. The first kappa shape index (κ1) is 16.3. The Morgan fingerprint density at radius 2 is 1.94 bits per heavy atom. The maximum atomic E-state index is 11.7. The summed E-state index contributed by atoms with van der Waals surface area (Å²) in [5, 5.41) is 0. The maximum Gasteiger partial charge on any atom is 0.241 e. The predicted octanol–water partition coefficient (Wildman–Crippen LogP) is 1.87. The Kier molecular flexibility index (Phi) is 7.07. The summed E-state index contributed by atoms with van der Waals surface area (Å²) in [6.45, 7) is 0.498. The number of halogens is 3. The molecule has 0 unspecified atom stereocenters. The first-order valence-electron chi connectivity index (χ1n) is 4.12. The molecule has 0 radical (unpaired) electrons. The number of hydrogen-bond donors (Lipinski definition) is 2. The van der Waals surface area contributed by atoms with E-state index in [2.05, 4.69) is 36.6 Å². The minimum atomic E-state index is -3.47. The summed E-state index contributed by atoms with van der Waals surface area (Å²) >= 11 is 6.44. The normalized spacial score (nSPS) is 10.9. The zero-order chi connectivity index (χ0) is 11.5. The molecule has 92 valence electrons. The number of hydrogen-bond acceptors (Lipinski definition) is 3. The van der Waals surface area contributed by atoms with Crippen LogP contribution in [0, 0.1) is 0 Å². The molecule has 8 heteroatoms. The molecule has 0 bridgehead atoms. The van der Waals surface area contributed by atoms with Gasteiger partial charge in [-0.05, 0) is 34.1 Å². The van der Waals surface area contributed by atoms with Gasteiger partial charge >= 0.3 is 0 Å². The van der Waals surface area contributed by atoms with Crippen molar-refractivity contribution >= 4 is 54.3 Å². The summed E-state index contributed by atoms with van der Waals surface area (Å²) in [6, 6.07) is 4.87. The molecular formula is C8H11Br2ClN2O2S. The molecule has 1 aromatic carbocycles. The number of benzene rings is 1. The Hall–Kier alpha value is 0.340. The van der Waals surface area contributed by atoms with Crippen LogP contribution in [0.4, 0.5) is 0 Å². The van der Waals surface area contributed by atoms with Gasteiger partial charge in [0.25, 0.3) is 0 Å². The highest BCUT2D eigenvalue weighted by Gasteiger charge is 2.16. The lowest BCUT2D eigenvalue weighted by Crippen LogP contribution is -2.29. The number of nitrogens with two attached hydrogens (primary N) is 1. The van der Waals surface area contributed by atoms with Crippen molar-refractivity contribution in [3.05, 3.63) is 27.1 Å². The highest BCUT2D eigenvalue weighted by Crippen LogP contribution is 2.25. The van der Waals surface area contributed by atoms with Crippen molar-refractivity contribution < 1.29 is 8.42 Å². The second kappa shape index (κ2) is 6.93. The van der Waals surface area contributed by atoms with E-state index in [4.69, 9.17) is 5.73 Å². The molecule has 1 aromatic rings. The van der Waals surface area contributed by atoms with Gasteiger partial charge in [0.15, 0.2) is 0 Å². The lowest BCUT2D eigenvalue weighted by molar-refractivity contribution is 0.581. The summed E-state index contributed by atoms with van der Waals surface area (Å²) < 4.78 is 27.1. The number of sulfonamides is 1. The average molecular weight is 395 g/mol. The fourth-order valence-corrected chi connectivity index (χ4v) is 3.76. The number of rotatable bonds is 4. The fraction of sp³-hybridized carbons (Fsp3) is 0.250. The zero-order valence-corrected chi connectivity index (χ0v) is 12.9. The van der Waals surface area contributed by atoms with E-state index >= 15 is 0 Å². The van der Waals surface area contributed by atoms with Gasteiger partial charge in [-0.2, -0.15) is 0 Å². The Morgan fingerprint density at radius 1 is 1.31 bits per heavy atom. The second-order valence-electron chi connectivity index (χ2n) is 2.76. The van der Waals surface area contributed by atoms with E-state index in [0.29, 0.717) is 4.47 Å².